The number of likely N-dealkylation sites (tertiary alicyclic amines) is 1. The molecule has 0 spiro atoms. The molecule has 0 aromatic carbocycles. The molecule has 1 saturated heterocycles. The molecule has 1 aliphatic rings. The van der Waals surface area contributed by atoms with E-state index in [-0.39, 0.29) is 5.91 Å². The topological polar surface area (TPSA) is 46.1 Å². The van der Waals surface area contributed by atoms with E-state index in [0.717, 1.165) is 37.2 Å². The van der Waals surface area contributed by atoms with E-state index in [1.54, 1.807) is 24.5 Å². The second kappa shape index (κ2) is 6.04. The maximum atomic E-state index is 12.4. The third-order valence-electron chi connectivity index (χ3n) is 4.10. The van der Waals surface area contributed by atoms with Crippen LogP contribution in [0.15, 0.2) is 42.9 Å². The van der Waals surface area contributed by atoms with Crippen molar-refractivity contribution in [3.05, 3.63) is 59.7 Å². The van der Waals surface area contributed by atoms with Crippen molar-refractivity contribution >= 4 is 5.91 Å². The average molecular weight is 281 g/mol. The Kier molecular flexibility index (Phi) is 3.95. The SMILES string of the molecule is Cc1cc(C2CCN(C(=O)c3ccncc3)CC2)ccn1. The van der Waals surface area contributed by atoms with E-state index in [1.807, 2.05) is 18.0 Å². The number of rotatable bonds is 2. The fraction of sp³-hybridized carbons (Fsp3) is 0.353. The minimum absolute atomic E-state index is 0.113. The Morgan fingerprint density at radius 3 is 2.52 bits per heavy atom. The van der Waals surface area contributed by atoms with Crippen LogP contribution in [0.3, 0.4) is 0 Å². The third-order valence-corrected chi connectivity index (χ3v) is 4.10. The smallest absolute Gasteiger partial charge is 0.253 e. The average Bonchev–Trinajstić information content (AvgIpc) is 2.55. The summed E-state index contributed by atoms with van der Waals surface area (Å²) in [4.78, 5) is 22.5. The van der Waals surface area contributed by atoms with Crippen molar-refractivity contribution in [1.82, 2.24) is 14.9 Å². The second-order valence-corrected chi connectivity index (χ2v) is 5.53. The van der Waals surface area contributed by atoms with Gasteiger partial charge in [0, 0.05) is 42.9 Å². The molecule has 0 N–H and O–H groups in total. The largest absolute Gasteiger partial charge is 0.339 e. The van der Waals surface area contributed by atoms with Crippen molar-refractivity contribution < 1.29 is 4.79 Å². The molecule has 0 radical (unpaired) electrons. The molecule has 0 atom stereocenters. The minimum atomic E-state index is 0.113. The first-order chi connectivity index (χ1) is 10.2. The summed E-state index contributed by atoms with van der Waals surface area (Å²) in [5.41, 5.74) is 3.13. The zero-order valence-electron chi connectivity index (χ0n) is 12.2. The van der Waals surface area contributed by atoms with Crippen LogP contribution in [0.1, 0.15) is 40.4 Å². The van der Waals surface area contributed by atoms with Gasteiger partial charge in [-0.3, -0.25) is 14.8 Å². The Morgan fingerprint density at radius 2 is 1.86 bits per heavy atom. The maximum absolute atomic E-state index is 12.4. The van der Waals surface area contributed by atoms with Gasteiger partial charge in [-0.1, -0.05) is 0 Å². The van der Waals surface area contributed by atoms with Gasteiger partial charge in [0.15, 0.2) is 0 Å². The van der Waals surface area contributed by atoms with E-state index >= 15 is 0 Å². The van der Waals surface area contributed by atoms with Gasteiger partial charge in [-0.2, -0.15) is 0 Å². The zero-order chi connectivity index (χ0) is 14.7. The normalized spacial score (nSPS) is 16.0. The van der Waals surface area contributed by atoms with Crippen LogP contribution >= 0.6 is 0 Å². The molecule has 2 aromatic heterocycles. The van der Waals surface area contributed by atoms with Gasteiger partial charge in [0.05, 0.1) is 0 Å². The summed E-state index contributed by atoms with van der Waals surface area (Å²) in [6.07, 6.45) is 7.24. The minimum Gasteiger partial charge on any atom is -0.339 e. The van der Waals surface area contributed by atoms with E-state index in [9.17, 15) is 4.79 Å². The fourth-order valence-corrected chi connectivity index (χ4v) is 2.91. The molecular formula is C17H19N3O. The molecule has 2 aromatic rings. The number of nitrogens with zero attached hydrogens (tertiary/aromatic N) is 3. The lowest BCUT2D eigenvalue weighted by molar-refractivity contribution is 0.0713. The van der Waals surface area contributed by atoms with Crippen LogP contribution in [0.2, 0.25) is 0 Å². The van der Waals surface area contributed by atoms with Gasteiger partial charge < -0.3 is 4.90 Å². The maximum Gasteiger partial charge on any atom is 0.253 e. The van der Waals surface area contributed by atoms with Crippen LogP contribution in [0.5, 0.6) is 0 Å². The molecule has 4 heteroatoms. The Balaban J connectivity index is 1.64. The highest BCUT2D eigenvalue weighted by atomic mass is 16.2. The quantitative estimate of drug-likeness (QED) is 0.850. The number of carbonyl (C=O) groups excluding carboxylic acids is 1. The predicted octanol–water partition coefficient (Wildman–Crippen LogP) is 2.80. The Bertz CT molecular complexity index is 619. The van der Waals surface area contributed by atoms with Gasteiger partial charge in [-0.05, 0) is 55.5 Å². The number of piperidine rings is 1. The summed E-state index contributed by atoms with van der Waals surface area (Å²) in [5, 5.41) is 0. The number of carbonyl (C=O) groups is 1. The molecule has 1 fully saturated rings. The van der Waals surface area contributed by atoms with E-state index in [0.29, 0.717) is 5.92 Å². The lowest BCUT2D eigenvalue weighted by Crippen LogP contribution is -2.37. The predicted molar refractivity (Wildman–Crippen MR) is 81.1 cm³/mol. The van der Waals surface area contributed by atoms with Crippen LogP contribution in [0.25, 0.3) is 0 Å². The number of aryl methyl sites for hydroxylation is 1. The lowest BCUT2D eigenvalue weighted by atomic mass is 9.89. The number of amides is 1. The first-order valence-corrected chi connectivity index (χ1v) is 7.36. The first-order valence-electron chi connectivity index (χ1n) is 7.36. The van der Waals surface area contributed by atoms with Crippen molar-refractivity contribution in [2.45, 2.75) is 25.7 Å². The van der Waals surface area contributed by atoms with Crippen molar-refractivity contribution in [3.8, 4) is 0 Å². The molecule has 0 unspecified atom stereocenters. The van der Waals surface area contributed by atoms with E-state index in [2.05, 4.69) is 22.1 Å². The summed E-state index contributed by atoms with van der Waals surface area (Å²) in [6, 6.07) is 7.81. The standard InChI is InChI=1S/C17H19N3O/c1-13-12-16(4-9-19-13)14-5-10-20(11-6-14)17(21)15-2-7-18-8-3-15/h2-4,7-9,12,14H,5-6,10-11H2,1H3. The second-order valence-electron chi connectivity index (χ2n) is 5.53. The molecule has 3 heterocycles. The number of pyridine rings is 2. The Hall–Kier alpha value is -2.23. The molecule has 0 bridgehead atoms. The zero-order valence-corrected chi connectivity index (χ0v) is 12.2. The lowest BCUT2D eigenvalue weighted by Gasteiger charge is -2.32. The summed E-state index contributed by atoms with van der Waals surface area (Å²) in [6.45, 7) is 3.64. The number of hydrogen-bond acceptors (Lipinski definition) is 3. The van der Waals surface area contributed by atoms with Crippen LogP contribution in [0.4, 0.5) is 0 Å². The van der Waals surface area contributed by atoms with Crippen LogP contribution in [0, 0.1) is 6.92 Å². The highest BCUT2D eigenvalue weighted by Gasteiger charge is 2.24. The summed E-state index contributed by atoms with van der Waals surface area (Å²) < 4.78 is 0. The number of aromatic nitrogens is 2. The molecule has 0 saturated carbocycles. The van der Waals surface area contributed by atoms with Crippen molar-refractivity contribution in [2.75, 3.05) is 13.1 Å². The van der Waals surface area contributed by atoms with Crippen molar-refractivity contribution in [3.63, 3.8) is 0 Å². The van der Waals surface area contributed by atoms with Crippen LogP contribution < -0.4 is 0 Å². The van der Waals surface area contributed by atoms with Crippen molar-refractivity contribution in [1.29, 1.82) is 0 Å². The van der Waals surface area contributed by atoms with E-state index < -0.39 is 0 Å². The van der Waals surface area contributed by atoms with E-state index in [1.165, 1.54) is 5.56 Å². The van der Waals surface area contributed by atoms with E-state index in [4.69, 9.17) is 0 Å². The molecule has 3 rings (SSSR count). The molecule has 1 aliphatic heterocycles. The molecule has 21 heavy (non-hydrogen) atoms. The van der Waals surface area contributed by atoms with Crippen LogP contribution in [-0.4, -0.2) is 33.9 Å². The Labute approximate surface area is 124 Å². The van der Waals surface area contributed by atoms with Gasteiger partial charge >= 0.3 is 0 Å². The van der Waals surface area contributed by atoms with Gasteiger partial charge in [0.1, 0.15) is 0 Å². The van der Waals surface area contributed by atoms with Gasteiger partial charge in [0.25, 0.3) is 5.91 Å². The van der Waals surface area contributed by atoms with Crippen molar-refractivity contribution in [2.24, 2.45) is 0 Å². The number of hydrogen-bond donors (Lipinski definition) is 0. The summed E-state index contributed by atoms with van der Waals surface area (Å²) in [5.74, 6) is 0.648. The molecule has 4 nitrogen and oxygen atoms in total. The monoisotopic (exact) mass is 281 g/mol. The molecule has 0 aliphatic carbocycles. The Morgan fingerprint density at radius 1 is 1.14 bits per heavy atom. The highest BCUT2D eigenvalue weighted by Crippen LogP contribution is 2.28. The molecule has 1 amide bonds. The highest BCUT2D eigenvalue weighted by molar-refractivity contribution is 5.94. The first kappa shape index (κ1) is 13.7. The third kappa shape index (κ3) is 3.10. The van der Waals surface area contributed by atoms with Crippen LogP contribution in [-0.2, 0) is 0 Å². The van der Waals surface area contributed by atoms with Gasteiger partial charge in [0.2, 0.25) is 0 Å². The van der Waals surface area contributed by atoms with Gasteiger partial charge in [-0.25, -0.2) is 0 Å². The van der Waals surface area contributed by atoms with Gasteiger partial charge in [-0.15, -0.1) is 0 Å². The summed E-state index contributed by atoms with van der Waals surface area (Å²) >= 11 is 0. The molecule has 108 valence electrons. The summed E-state index contributed by atoms with van der Waals surface area (Å²) in [7, 11) is 0. The molecular weight excluding hydrogens is 262 g/mol. The fourth-order valence-electron chi connectivity index (χ4n) is 2.91.